The van der Waals surface area contributed by atoms with Crippen molar-refractivity contribution < 1.29 is 23.2 Å². The van der Waals surface area contributed by atoms with Gasteiger partial charge in [-0.25, -0.2) is 8.78 Å². The summed E-state index contributed by atoms with van der Waals surface area (Å²) < 4.78 is 28.4. The van der Waals surface area contributed by atoms with Gasteiger partial charge in [-0.15, -0.1) is 0 Å². The summed E-state index contributed by atoms with van der Waals surface area (Å²) in [5.74, 6) is -2.27. The van der Waals surface area contributed by atoms with E-state index in [2.05, 4.69) is 10.6 Å². The van der Waals surface area contributed by atoms with E-state index in [4.69, 9.17) is 0 Å². The lowest BCUT2D eigenvalue weighted by molar-refractivity contribution is -0.118. The third-order valence-electron chi connectivity index (χ3n) is 7.35. The molecule has 7 rings (SSSR count). The van der Waals surface area contributed by atoms with Crippen LogP contribution in [0.25, 0.3) is 5.70 Å². The molecule has 3 heterocycles. The Morgan fingerprint density at radius 3 is 2.42 bits per heavy atom. The Balaban J connectivity index is 1.60. The lowest BCUT2D eigenvalue weighted by atomic mass is 9.64. The number of nitrogens with one attached hydrogen (secondary N) is 2. The van der Waals surface area contributed by atoms with Crippen LogP contribution in [-0.4, -0.2) is 35.5 Å². The lowest BCUT2D eigenvalue weighted by Crippen LogP contribution is -2.48. The predicted octanol–water partition coefficient (Wildman–Crippen LogP) is 3.78. The minimum absolute atomic E-state index is 0.0216. The maximum atomic E-state index is 14.7. The molecule has 3 aliphatic heterocycles. The summed E-state index contributed by atoms with van der Waals surface area (Å²) in [6.07, 6.45) is 0. The summed E-state index contributed by atoms with van der Waals surface area (Å²) in [4.78, 5) is 44.1. The third-order valence-corrected chi connectivity index (χ3v) is 7.35. The molecule has 1 fully saturated rings. The SMILES string of the molecule is O=C(C1=C2NCCN2C2=C(C(=O)c3ccccc32)[C@@]12C(=O)Nc1ccc(F)cc12)c1ccc(F)cc1. The fraction of sp³-hybridized carbons (Fsp3) is 0.107. The Bertz CT molecular complexity index is 1620. The highest BCUT2D eigenvalue weighted by atomic mass is 19.1. The number of carbonyl (C=O) groups is 3. The van der Waals surface area contributed by atoms with E-state index in [1.165, 1.54) is 30.3 Å². The van der Waals surface area contributed by atoms with Crippen LogP contribution in [0.2, 0.25) is 0 Å². The molecule has 0 aromatic heterocycles. The van der Waals surface area contributed by atoms with Gasteiger partial charge >= 0.3 is 0 Å². The Hall–Kier alpha value is -4.59. The molecular formula is C28H17F2N3O3. The molecule has 6 nitrogen and oxygen atoms in total. The number of amides is 1. The van der Waals surface area contributed by atoms with Gasteiger partial charge in [0.2, 0.25) is 5.91 Å². The molecule has 3 aromatic rings. The van der Waals surface area contributed by atoms with Crippen molar-refractivity contribution in [3.8, 4) is 0 Å². The zero-order valence-electron chi connectivity index (χ0n) is 18.7. The largest absolute Gasteiger partial charge is 0.369 e. The molecule has 0 bridgehead atoms. The fourth-order valence-corrected chi connectivity index (χ4v) is 5.93. The summed E-state index contributed by atoms with van der Waals surface area (Å²) >= 11 is 0. The number of ketones is 2. The number of Topliss-reactive ketones (excluding diaryl/α,β-unsaturated/α-hetero) is 2. The van der Waals surface area contributed by atoms with E-state index in [1.807, 2.05) is 17.0 Å². The van der Waals surface area contributed by atoms with E-state index < -0.39 is 28.7 Å². The molecular weight excluding hydrogens is 464 g/mol. The van der Waals surface area contributed by atoms with Crippen LogP contribution in [0.5, 0.6) is 0 Å². The van der Waals surface area contributed by atoms with Crippen LogP contribution in [0.4, 0.5) is 14.5 Å². The second-order valence-corrected chi connectivity index (χ2v) is 9.13. The maximum Gasteiger partial charge on any atom is 0.244 e. The minimum atomic E-state index is -1.89. The number of hydrogen-bond donors (Lipinski definition) is 2. The minimum Gasteiger partial charge on any atom is -0.369 e. The van der Waals surface area contributed by atoms with Gasteiger partial charge in [0.05, 0.1) is 11.3 Å². The molecule has 0 radical (unpaired) electrons. The first kappa shape index (κ1) is 20.8. The Labute approximate surface area is 203 Å². The standard InChI is InChI=1S/C28H17F2N3O3/c29-15-7-5-14(6-8-15)24(34)22-26-31-11-12-33(26)23-17-3-1-2-4-18(17)25(35)21(23)28(22)19-13-16(30)9-10-20(19)32-27(28)36/h1-10,13,31H,11-12H2,(H,32,36)/t28-/m1/s1. The van der Waals surface area contributed by atoms with E-state index in [0.29, 0.717) is 41.4 Å². The molecule has 8 heteroatoms. The quantitative estimate of drug-likeness (QED) is 0.545. The Kier molecular flexibility index (Phi) is 4.02. The maximum absolute atomic E-state index is 14.7. The van der Waals surface area contributed by atoms with Gasteiger partial charge in [0.1, 0.15) is 22.9 Å². The van der Waals surface area contributed by atoms with Crippen LogP contribution in [0.3, 0.4) is 0 Å². The smallest absolute Gasteiger partial charge is 0.244 e. The fourth-order valence-electron chi connectivity index (χ4n) is 5.93. The first-order valence-corrected chi connectivity index (χ1v) is 11.5. The van der Waals surface area contributed by atoms with Gasteiger partial charge in [-0.05, 0) is 42.5 Å². The van der Waals surface area contributed by atoms with Gasteiger partial charge in [-0.3, -0.25) is 14.4 Å². The molecule has 1 spiro atoms. The number of hydrogen-bond acceptors (Lipinski definition) is 5. The van der Waals surface area contributed by atoms with Crippen molar-refractivity contribution in [1.29, 1.82) is 0 Å². The number of carbonyl (C=O) groups excluding carboxylic acids is 3. The van der Waals surface area contributed by atoms with Crippen LogP contribution in [0.1, 0.15) is 31.8 Å². The molecule has 1 aliphatic carbocycles. The average molecular weight is 481 g/mol. The summed E-state index contributed by atoms with van der Waals surface area (Å²) in [6.45, 7) is 0.931. The summed E-state index contributed by atoms with van der Waals surface area (Å²) in [6, 6.07) is 15.9. The first-order chi connectivity index (χ1) is 17.4. The molecule has 1 atom stereocenters. The van der Waals surface area contributed by atoms with Gasteiger partial charge in [0, 0.05) is 46.6 Å². The highest BCUT2D eigenvalue weighted by Gasteiger charge is 2.63. The molecule has 36 heavy (non-hydrogen) atoms. The zero-order chi connectivity index (χ0) is 24.8. The number of rotatable bonds is 2. The average Bonchev–Trinajstić information content (AvgIpc) is 3.54. The summed E-state index contributed by atoms with van der Waals surface area (Å²) in [7, 11) is 0. The van der Waals surface area contributed by atoms with Crippen LogP contribution < -0.4 is 10.6 Å². The number of benzene rings is 3. The highest BCUT2D eigenvalue weighted by molar-refractivity contribution is 6.33. The predicted molar refractivity (Wildman–Crippen MR) is 127 cm³/mol. The van der Waals surface area contributed by atoms with E-state index in [0.717, 1.165) is 12.1 Å². The van der Waals surface area contributed by atoms with Gasteiger partial charge in [0.25, 0.3) is 0 Å². The van der Waals surface area contributed by atoms with Crippen LogP contribution in [-0.2, 0) is 10.2 Å². The molecule has 2 N–H and O–H groups in total. The van der Waals surface area contributed by atoms with Crippen molar-refractivity contribution in [3.63, 3.8) is 0 Å². The van der Waals surface area contributed by atoms with Gasteiger partial charge < -0.3 is 15.5 Å². The molecule has 1 amide bonds. The molecule has 4 aliphatic rings. The summed E-state index contributed by atoms with van der Waals surface area (Å²) in [5.41, 5.74) is 0.551. The van der Waals surface area contributed by atoms with Crippen LogP contribution in [0.15, 0.2) is 83.7 Å². The highest BCUT2D eigenvalue weighted by Crippen LogP contribution is 2.58. The normalized spacial score (nSPS) is 21.3. The van der Waals surface area contributed by atoms with Gasteiger partial charge in [-0.1, -0.05) is 24.3 Å². The second-order valence-electron chi connectivity index (χ2n) is 9.13. The topological polar surface area (TPSA) is 78.5 Å². The van der Waals surface area contributed by atoms with Crippen molar-refractivity contribution in [3.05, 3.63) is 118 Å². The van der Waals surface area contributed by atoms with Crippen LogP contribution >= 0.6 is 0 Å². The van der Waals surface area contributed by atoms with Crippen molar-refractivity contribution in [2.24, 2.45) is 0 Å². The molecule has 1 saturated heterocycles. The second kappa shape index (κ2) is 6.97. The molecule has 0 unspecified atom stereocenters. The zero-order valence-corrected chi connectivity index (χ0v) is 18.7. The number of anilines is 1. The molecule has 0 saturated carbocycles. The van der Waals surface area contributed by atoms with E-state index in [1.54, 1.807) is 12.1 Å². The lowest BCUT2D eigenvalue weighted by Gasteiger charge is -2.39. The number of nitrogens with zero attached hydrogens (tertiary/aromatic N) is 1. The third kappa shape index (κ3) is 2.40. The molecule has 176 valence electrons. The number of halogens is 2. The Morgan fingerprint density at radius 1 is 0.917 bits per heavy atom. The van der Waals surface area contributed by atoms with Crippen LogP contribution in [0, 0.1) is 11.6 Å². The van der Waals surface area contributed by atoms with Gasteiger partial charge in [-0.2, -0.15) is 0 Å². The first-order valence-electron chi connectivity index (χ1n) is 11.5. The van der Waals surface area contributed by atoms with Crippen molar-refractivity contribution in [1.82, 2.24) is 10.2 Å². The van der Waals surface area contributed by atoms with Crippen molar-refractivity contribution in [2.45, 2.75) is 5.41 Å². The van der Waals surface area contributed by atoms with Crippen molar-refractivity contribution >= 4 is 28.9 Å². The van der Waals surface area contributed by atoms with E-state index in [9.17, 15) is 23.2 Å². The van der Waals surface area contributed by atoms with E-state index in [-0.39, 0.29) is 28.1 Å². The van der Waals surface area contributed by atoms with E-state index >= 15 is 0 Å². The number of fused-ring (bicyclic) bond motifs is 7. The summed E-state index contributed by atoms with van der Waals surface area (Å²) in [5, 5.41) is 6.02. The monoisotopic (exact) mass is 481 g/mol. The van der Waals surface area contributed by atoms with Crippen molar-refractivity contribution in [2.75, 3.05) is 18.4 Å². The Morgan fingerprint density at radius 2 is 1.64 bits per heavy atom. The molecule has 3 aromatic carbocycles. The van der Waals surface area contributed by atoms with Gasteiger partial charge in [0.15, 0.2) is 11.6 Å².